The monoisotopic (exact) mass is 285 g/mol. The van der Waals surface area contributed by atoms with Crippen LogP contribution in [0.25, 0.3) is 10.8 Å². The standard InChI is InChI=1S/C16H19N3O2/c20-15(18-11-16(21)7-8-17-10-16)19-14-6-5-12-3-1-2-4-13(12)9-14/h1-6,9,17,21H,7-8,10-11H2,(H2,18,19,20)/t16-/m1/s1. The first-order valence-corrected chi connectivity index (χ1v) is 7.11. The van der Waals surface area contributed by atoms with E-state index < -0.39 is 5.60 Å². The lowest BCUT2D eigenvalue weighted by molar-refractivity contribution is 0.0640. The molecule has 1 fully saturated rings. The zero-order valence-electron chi connectivity index (χ0n) is 11.7. The van der Waals surface area contributed by atoms with Crippen LogP contribution in [0.4, 0.5) is 10.5 Å². The lowest BCUT2D eigenvalue weighted by Crippen LogP contribution is -2.45. The lowest BCUT2D eigenvalue weighted by atomic mass is 10.0. The zero-order chi connectivity index (χ0) is 14.7. The summed E-state index contributed by atoms with van der Waals surface area (Å²) in [4.78, 5) is 11.9. The van der Waals surface area contributed by atoms with Crippen molar-refractivity contribution >= 4 is 22.5 Å². The molecule has 1 atom stereocenters. The number of rotatable bonds is 3. The normalized spacial score (nSPS) is 21.4. The Morgan fingerprint density at radius 1 is 1.24 bits per heavy atom. The molecule has 21 heavy (non-hydrogen) atoms. The fourth-order valence-corrected chi connectivity index (χ4v) is 2.57. The molecule has 5 heteroatoms. The van der Waals surface area contributed by atoms with Gasteiger partial charge < -0.3 is 21.1 Å². The fourth-order valence-electron chi connectivity index (χ4n) is 2.57. The van der Waals surface area contributed by atoms with Gasteiger partial charge in [-0.15, -0.1) is 0 Å². The third-order valence-corrected chi connectivity index (χ3v) is 3.81. The van der Waals surface area contributed by atoms with Crippen LogP contribution < -0.4 is 16.0 Å². The van der Waals surface area contributed by atoms with Gasteiger partial charge in [0, 0.05) is 18.8 Å². The fraction of sp³-hybridized carbons (Fsp3) is 0.312. The topological polar surface area (TPSA) is 73.4 Å². The smallest absolute Gasteiger partial charge is 0.319 e. The molecule has 0 radical (unpaired) electrons. The molecule has 2 aromatic carbocycles. The predicted octanol–water partition coefficient (Wildman–Crippen LogP) is 1.69. The van der Waals surface area contributed by atoms with E-state index in [0.29, 0.717) is 13.0 Å². The third-order valence-electron chi connectivity index (χ3n) is 3.81. The highest BCUT2D eigenvalue weighted by molar-refractivity contribution is 5.93. The number of hydrogen-bond acceptors (Lipinski definition) is 3. The number of nitrogens with one attached hydrogen (secondary N) is 3. The van der Waals surface area contributed by atoms with Crippen molar-refractivity contribution < 1.29 is 9.90 Å². The van der Waals surface area contributed by atoms with Gasteiger partial charge in [0.2, 0.25) is 0 Å². The Labute approximate surface area is 123 Å². The average Bonchev–Trinajstić information content (AvgIpc) is 2.92. The van der Waals surface area contributed by atoms with Crippen LogP contribution in [0.15, 0.2) is 42.5 Å². The van der Waals surface area contributed by atoms with Gasteiger partial charge in [0.1, 0.15) is 0 Å². The number of β-amino-alcohol motifs (C(OH)–C–C–N with tert-alkyl or cyclic N) is 1. The summed E-state index contributed by atoms with van der Waals surface area (Å²) in [6, 6.07) is 13.5. The molecule has 0 spiro atoms. The second-order valence-corrected chi connectivity index (χ2v) is 5.52. The van der Waals surface area contributed by atoms with Gasteiger partial charge in [0.05, 0.1) is 5.60 Å². The van der Waals surface area contributed by atoms with Gasteiger partial charge >= 0.3 is 6.03 Å². The predicted molar refractivity (Wildman–Crippen MR) is 83.4 cm³/mol. The lowest BCUT2D eigenvalue weighted by Gasteiger charge is -2.21. The minimum absolute atomic E-state index is 0.249. The molecule has 0 saturated carbocycles. The molecule has 3 rings (SSSR count). The molecular formula is C16H19N3O2. The van der Waals surface area contributed by atoms with E-state index >= 15 is 0 Å². The maximum Gasteiger partial charge on any atom is 0.319 e. The van der Waals surface area contributed by atoms with Crippen molar-refractivity contribution in [1.82, 2.24) is 10.6 Å². The van der Waals surface area contributed by atoms with E-state index in [0.717, 1.165) is 23.0 Å². The first-order valence-electron chi connectivity index (χ1n) is 7.11. The van der Waals surface area contributed by atoms with Crippen LogP contribution in [0.3, 0.4) is 0 Å². The number of hydrogen-bond donors (Lipinski definition) is 4. The number of fused-ring (bicyclic) bond motifs is 1. The van der Waals surface area contributed by atoms with E-state index in [4.69, 9.17) is 0 Å². The molecular weight excluding hydrogens is 266 g/mol. The van der Waals surface area contributed by atoms with Gasteiger partial charge in [0.15, 0.2) is 0 Å². The number of aliphatic hydroxyl groups is 1. The summed E-state index contributed by atoms with van der Waals surface area (Å²) >= 11 is 0. The molecule has 2 aromatic rings. The summed E-state index contributed by atoms with van der Waals surface area (Å²) in [7, 11) is 0. The summed E-state index contributed by atoms with van der Waals surface area (Å²) in [5.41, 5.74) is -0.0940. The molecule has 0 aromatic heterocycles. The summed E-state index contributed by atoms with van der Waals surface area (Å²) in [5, 5.41) is 21.0. The van der Waals surface area contributed by atoms with Crippen LogP contribution in [0.5, 0.6) is 0 Å². The van der Waals surface area contributed by atoms with Gasteiger partial charge in [-0.05, 0) is 35.9 Å². The van der Waals surface area contributed by atoms with Gasteiger partial charge in [-0.1, -0.05) is 30.3 Å². The summed E-state index contributed by atoms with van der Waals surface area (Å²) in [6.45, 7) is 1.55. The van der Waals surface area contributed by atoms with Crippen LogP contribution in [-0.2, 0) is 0 Å². The Kier molecular flexibility index (Phi) is 3.77. The summed E-state index contributed by atoms with van der Waals surface area (Å²) < 4.78 is 0. The second-order valence-electron chi connectivity index (χ2n) is 5.52. The largest absolute Gasteiger partial charge is 0.387 e. The zero-order valence-corrected chi connectivity index (χ0v) is 11.7. The van der Waals surface area contributed by atoms with Gasteiger partial charge in [-0.3, -0.25) is 0 Å². The highest BCUT2D eigenvalue weighted by Gasteiger charge is 2.31. The van der Waals surface area contributed by atoms with E-state index in [2.05, 4.69) is 16.0 Å². The molecule has 0 unspecified atom stereocenters. The molecule has 5 nitrogen and oxygen atoms in total. The molecule has 1 aliphatic heterocycles. The van der Waals surface area contributed by atoms with Crippen molar-refractivity contribution in [3.8, 4) is 0 Å². The molecule has 0 bridgehead atoms. The molecule has 2 amide bonds. The maximum absolute atomic E-state index is 11.9. The van der Waals surface area contributed by atoms with E-state index in [1.165, 1.54) is 0 Å². The van der Waals surface area contributed by atoms with Gasteiger partial charge in [0.25, 0.3) is 0 Å². The Bertz CT molecular complexity index is 651. The molecule has 4 N–H and O–H groups in total. The van der Waals surface area contributed by atoms with Crippen LogP contribution in [0.2, 0.25) is 0 Å². The van der Waals surface area contributed by atoms with E-state index in [1.807, 2.05) is 42.5 Å². The van der Waals surface area contributed by atoms with Crippen molar-refractivity contribution in [2.24, 2.45) is 0 Å². The molecule has 0 aliphatic carbocycles. The van der Waals surface area contributed by atoms with Gasteiger partial charge in [-0.2, -0.15) is 0 Å². The Morgan fingerprint density at radius 3 is 2.81 bits per heavy atom. The van der Waals surface area contributed by atoms with Crippen LogP contribution in [-0.4, -0.2) is 36.4 Å². The molecule has 1 saturated heterocycles. The van der Waals surface area contributed by atoms with E-state index in [1.54, 1.807) is 0 Å². The number of carbonyl (C=O) groups excluding carboxylic acids is 1. The third kappa shape index (κ3) is 3.32. The second kappa shape index (κ2) is 5.71. The van der Waals surface area contributed by atoms with Gasteiger partial charge in [-0.25, -0.2) is 4.79 Å². The quantitative estimate of drug-likeness (QED) is 0.693. The number of amides is 2. The Balaban J connectivity index is 1.60. The SMILES string of the molecule is O=C(NC[C@@]1(O)CCNC1)Nc1ccc2ccccc2c1. The number of carbonyl (C=O) groups is 1. The number of benzene rings is 2. The number of anilines is 1. The Morgan fingerprint density at radius 2 is 2.05 bits per heavy atom. The highest BCUT2D eigenvalue weighted by Crippen LogP contribution is 2.19. The molecule has 1 heterocycles. The maximum atomic E-state index is 11.9. The first-order chi connectivity index (χ1) is 10.1. The minimum atomic E-state index is -0.833. The minimum Gasteiger partial charge on any atom is -0.387 e. The van der Waals surface area contributed by atoms with Crippen molar-refractivity contribution in [2.45, 2.75) is 12.0 Å². The van der Waals surface area contributed by atoms with Crippen molar-refractivity contribution in [3.05, 3.63) is 42.5 Å². The molecule has 1 aliphatic rings. The van der Waals surface area contributed by atoms with Crippen molar-refractivity contribution in [3.63, 3.8) is 0 Å². The average molecular weight is 285 g/mol. The first kappa shape index (κ1) is 13.9. The van der Waals surface area contributed by atoms with Crippen LogP contribution >= 0.6 is 0 Å². The van der Waals surface area contributed by atoms with E-state index in [9.17, 15) is 9.90 Å². The van der Waals surface area contributed by atoms with E-state index in [-0.39, 0.29) is 12.6 Å². The highest BCUT2D eigenvalue weighted by atomic mass is 16.3. The van der Waals surface area contributed by atoms with Crippen molar-refractivity contribution in [1.29, 1.82) is 0 Å². The van der Waals surface area contributed by atoms with Crippen LogP contribution in [0, 0.1) is 0 Å². The van der Waals surface area contributed by atoms with Crippen molar-refractivity contribution in [2.75, 3.05) is 25.0 Å². The Hall–Kier alpha value is -2.11. The summed E-state index contributed by atoms with van der Waals surface area (Å²) in [5.74, 6) is 0. The number of urea groups is 1. The molecule has 110 valence electrons. The summed E-state index contributed by atoms with van der Waals surface area (Å²) in [6.07, 6.45) is 0.656. The van der Waals surface area contributed by atoms with Crippen LogP contribution in [0.1, 0.15) is 6.42 Å².